The van der Waals surface area contributed by atoms with Crippen LogP contribution in [0.3, 0.4) is 0 Å². The van der Waals surface area contributed by atoms with Crippen molar-refractivity contribution in [2.45, 2.75) is 44.9 Å². The number of benzene rings is 2. The minimum atomic E-state index is -1.11. The van der Waals surface area contributed by atoms with Gasteiger partial charge in [-0.25, -0.2) is 4.39 Å². The first-order chi connectivity index (χ1) is 16.6. The van der Waals surface area contributed by atoms with E-state index in [2.05, 4.69) is 11.8 Å². The first-order valence-corrected chi connectivity index (χ1v) is 11.8. The van der Waals surface area contributed by atoms with Crippen molar-refractivity contribution in [1.29, 1.82) is 0 Å². The van der Waals surface area contributed by atoms with Gasteiger partial charge in [-0.2, -0.15) is 0 Å². The smallest absolute Gasteiger partial charge is 0.320 e. The number of carbonyl (C=O) groups is 2. The highest BCUT2D eigenvalue weighted by atomic mass is 35.5. The number of carbonyl (C=O) groups excluding carboxylic acids is 1. The monoisotopic (exact) mass is 507 g/mol. The Balaban J connectivity index is 1.55. The molecular formula is C25H31ClFN3O5. The second kappa shape index (κ2) is 12.2. The lowest BCUT2D eigenvalue weighted by atomic mass is 10.1. The average molecular weight is 508 g/mol. The Hall–Kier alpha value is -2.88. The van der Waals surface area contributed by atoms with Crippen molar-refractivity contribution in [1.82, 2.24) is 9.80 Å². The lowest BCUT2D eigenvalue weighted by Gasteiger charge is -2.44. The van der Waals surface area contributed by atoms with Crippen LogP contribution in [0.4, 0.5) is 4.39 Å². The highest BCUT2D eigenvalue weighted by molar-refractivity contribution is 6.30. The number of piperazine rings is 1. The fourth-order valence-corrected chi connectivity index (χ4v) is 4.11. The van der Waals surface area contributed by atoms with Gasteiger partial charge in [-0.15, -0.1) is 0 Å². The standard InChI is InChI=1S/C25H31ClFN3O5/c1-16-13-30(17(2)12-29(16)14-18-3-6-20(27)7-4-18)24(31)15-35-22-8-5-19(26)11-23(22)34-10-9-21(28)25(32)33/h3-8,11,16-17,21H,9-10,12-15,28H2,1-2H3,(H,32,33)/t16-,17+,21-/m0/s1. The van der Waals surface area contributed by atoms with Crippen molar-refractivity contribution in [3.05, 3.63) is 58.9 Å². The number of hydrogen-bond acceptors (Lipinski definition) is 6. The minimum absolute atomic E-state index is 0.0267. The summed E-state index contributed by atoms with van der Waals surface area (Å²) in [5.41, 5.74) is 6.53. The van der Waals surface area contributed by atoms with Crippen molar-refractivity contribution >= 4 is 23.5 Å². The molecule has 1 aliphatic heterocycles. The second-order valence-corrected chi connectivity index (χ2v) is 9.20. The van der Waals surface area contributed by atoms with Gasteiger partial charge in [0.1, 0.15) is 11.9 Å². The Morgan fingerprint density at radius 1 is 1.11 bits per heavy atom. The lowest BCUT2D eigenvalue weighted by molar-refractivity contribution is -0.140. The summed E-state index contributed by atoms with van der Waals surface area (Å²) in [6.07, 6.45) is 0.109. The molecule has 3 rings (SSSR count). The van der Waals surface area contributed by atoms with E-state index in [0.29, 0.717) is 36.2 Å². The minimum Gasteiger partial charge on any atom is -0.490 e. The van der Waals surface area contributed by atoms with Crippen molar-refractivity contribution in [3.63, 3.8) is 0 Å². The topological polar surface area (TPSA) is 105 Å². The Kier molecular flexibility index (Phi) is 9.31. The van der Waals surface area contributed by atoms with Gasteiger partial charge in [-0.05, 0) is 43.7 Å². The Morgan fingerprint density at radius 3 is 2.51 bits per heavy atom. The average Bonchev–Trinajstić information content (AvgIpc) is 2.81. The third-order valence-electron chi connectivity index (χ3n) is 5.99. The molecule has 2 aromatic rings. The summed E-state index contributed by atoms with van der Waals surface area (Å²) in [5, 5.41) is 9.32. The zero-order valence-electron chi connectivity index (χ0n) is 19.8. The zero-order valence-corrected chi connectivity index (χ0v) is 20.6. The quantitative estimate of drug-likeness (QED) is 0.509. The van der Waals surface area contributed by atoms with Gasteiger partial charge in [0.2, 0.25) is 0 Å². The van der Waals surface area contributed by atoms with E-state index in [1.165, 1.54) is 12.1 Å². The van der Waals surface area contributed by atoms with Crippen LogP contribution in [0.2, 0.25) is 5.02 Å². The molecule has 1 aliphatic rings. The molecule has 1 heterocycles. The van der Waals surface area contributed by atoms with E-state index in [1.54, 1.807) is 35.2 Å². The molecule has 1 amide bonds. The van der Waals surface area contributed by atoms with Gasteiger partial charge in [0.25, 0.3) is 5.91 Å². The van der Waals surface area contributed by atoms with Crippen LogP contribution in [0.25, 0.3) is 0 Å². The molecule has 0 unspecified atom stereocenters. The van der Waals surface area contributed by atoms with Crippen molar-refractivity contribution in [2.24, 2.45) is 5.73 Å². The molecule has 0 radical (unpaired) electrons. The van der Waals surface area contributed by atoms with Gasteiger partial charge < -0.3 is 25.2 Å². The van der Waals surface area contributed by atoms with E-state index in [0.717, 1.165) is 5.56 Å². The van der Waals surface area contributed by atoms with Gasteiger partial charge in [0.05, 0.1) is 6.61 Å². The first-order valence-electron chi connectivity index (χ1n) is 11.5. The predicted octanol–water partition coefficient (Wildman–Crippen LogP) is 3.16. The highest BCUT2D eigenvalue weighted by Gasteiger charge is 2.32. The van der Waals surface area contributed by atoms with Gasteiger partial charge in [0.15, 0.2) is 18.1 Å². The molecule has 0 aliphatic carbocycles. The number of hydrogen-bond donors (Lipinski definition) is 2. The van der Waals surface area contributed by atoms with Crippen LogP contribution in [0.15, 0.2) is 42.5 Å². The summed E-state index contributed by atoms with van der Waals surface area (Å²) in [4.78, 5) is 27.9. The normalized spacial score (nSPS) is 19.3. The molecule has 0 spiro atoms. The summed E-state index contributed by atoms with van der Waals surface area (Å²) in [6.45, 7) is 5.84. The third kappa shape index (κ3) is 7.55. The molecule has 2 aromatic carbocycles. The number of rotatable bonds is 10. The number of ether oxygens (including phenoxy) is 2. The van der Waals surface area contributed by atoms with E-state index in [1.807, 2.05) is 6.92 Å². The largest absolute Gasteiger partial charge is 0.490 e. The van der Waals surface area contributed by atoms with Crippen molar-refractivity contribution in [2.75, 3.05) is 26.3 Å². The van der Waals surface area contributed by atoms with Crippen LogP contribution in [0.5, 0.6) is 11.5 Å². The fourth-order valence-electron chi connectivity index (χ4n) is 3.95. The number of carboxylic acid groups (broad SMARTS) is 1. The zero-order chi connectivity index (χ0) is 25.5. The molecule has 0 aromatic heterocycles. The van der Waals surface area contributed by atoms with Crippen LogP contribution in [0, 0.1) is 5.82 Å². The number of halogens is 2. The summed E-state index contributed by atoms with van der Waals surface area (Å²) in [6, 6.07) is 10.3. The van der Waals surface area contributed by atoms with E-state index in [9.17, 15) is 14.0 Å². The molecule has 35 heavy (non-hydrogen) atoms. The number of carboxylic acids is 1. The van der Waals surface area contributed by atoms with Gasteiger partial charge in [-0.3, -0.25) is 14.5 Å². The molecule has 0 bridgehead atoms. The molecule has 10 heteroatoms. The Morgan fingerprint density at radius 2 is 1.83 bits per heavy atom. The predicted molar refractivity (Wildman–Crippen MR) is 130 cm³/mol. The van der Waals surface area contributed by atoms with Crippen LogP contribution >= 0.6 is 11.6 Å². The molecule has 0 saturated carbocycles. The maximum absolute atomic E-state index is 13.2. The third-order valence-corrected chi connectivity index (χ3v) is 6.23. The fraction of sp³-hybridized carbons (Fsp3) is 0.440. The van der Waals surface area contributed by atoms with Crippen LogP contribution in [-0.4, -0.2) is 71.2 Å². The Bertz CT molecular complexity index is 1020. The van der Waals surface area contributed by atoms with Crippen molar-refractivity contribution in [3.8, 4) is 11.5 Å². The second-order valence-electron chi connectivity index (χ2n) is 8.76. The van der Waals surface area contributed by atoms with E-state index >= 15 is 0 Å². The molecule has 1 saturated heterocycles. The maximum Gasteiger partial charge on any atom is 0.320 e. The van der Waals surface area contributed by atoms with E-state index in [4.69, 9.17) is 31.9 Å². The summed E-state index contributed by atoms with van der Waals surface area (Å²) >= 11 is 6.05. The van der Waals surface area contributed by atoms with Crippen LogP contribution in [-0.2, 0) is 16.1 Å². The molecular weight excluding hydrogens is 477 g/mol. The van der Waals surface area contributed by atoms with E-state index in [-0.39, 0.29) is 43.4 Å². The van der Waals surface area contributed by atoms with Crippen LogP contribution < -0.4 is 15.2 Å². The summed E-state index contributed by atoms with van der Waals surface area (Å²) in [7, 11) is 0. The van der Waals surface area contributed by atoms with Gasteiger partial charge >= 0.3 is 5.97 Å². The molecule has 3 atom stereocenters. The number of aliphatic carboxylic acids is 1. The lowest BCUT2D eigenvalue weighted by Crippen LogP contribution is -2.58. The molecule has 8 nitrogen and oxygen atoms in total. The van der Waals surface area contributed by atoms with Crippen molar-refractivity contribution < 1.29 is 28.6 Å². The number of amides is 1. The van der Waals surface area contributed by atoms with Crippen LogP contribution in [0.1, 0.15) is 25.8 Å². The van der Waals surface area contributed by atoms with Gasteiger partial charge in [0, 0.05) is 49.2 Å². The molecule has 1 fully saturated rings. The molecule has 3 N–H and O–H groups in total. The SMILES string of the molecule is C[C@@H]1CN(Cc2ccc(F)cc2)[C@@H](C)CN1C(=O)COc1ccc(Cl)cc1OCC[C@H](N)C(=O)O. The number of nitrogens with two attached hydrogens (primary N) is 1. The highest BCUT2D eigenvalue weighted by Crippen LogP contribution is 2.31. The Labute approximate surface area is 209 Å². The summed E-state index contributed by atoms with van der Waals surface area (Å²) in [5.74, 6) is -0.873. The van der Waals surface area contributed by atoms with E-state index < -0.39 is 12.0 Å². The number of nitrogens with zero attached hydrogens (tertiary/aromatic N) is 2. The van der Waals surface area contributed by atoms with Gasteiger partial charge in [-0.1, -0.05) is 23.7 Å². The summed E-state index contributed by atoms with van der Waals surface area (Å²) < 4.78 is 24.6. The maximum atomic E-state index is 13.2. The molecule has 190 valence electrons. The first kappa shape index (κ1) is 26.7.